The van der Waals surface area contributed by atoms with Crippen LogP contribution < -0.4 is 15.4 Å². The summed E-state index contributed by atoms with van der Waals surface area (Å²) in [6, 6.07) is 5.41. The van der Waals surface area contributed by atoms with Gasteiger partial charge in [-0.3, -0.25) is 9.48 Å². The maximum atomic E-state index is 12.6. The van der Waals surface area contributed by atoms with E-state index in [1.807, 2.05) is 25.5 Å². The molecule has 1 aromatic carbocycles. The van der Waals surface area contributed by atoms with E-state index in [4.69, 9.17) is 16.3 Å². The van der Waals surface area contributed by atoms with Gasteiger partial charge in [0.25, 0.3) is 0 Å². The van der Waals surface area contributed by atoms with E-state index in [0.29, 0.717) is 23.9 Å². The summed E-state index contributed by atoms with van der Waals surface area (Å²) in [4.78, 5) is 12.6. The largest absolute Gasteiger partial charge is 0.496 e. The second kappa shape index (κ2) is 7.23. The lowest BCUT2D eigenvalue weighted by molar-refractivity contribution is -0.125. The van der Waals surface area contributed by atoms with Crippen LogP contribution in [0.4, 0.5) is 0 Å². The zero-order chi connectivity index (χ0) is 17.1. The third-order valence-electron chi connectivity index (χ3n) is 4.41. The van der Waals surface area contributed by atoms with E-state index in [-0.39, 0.29) is 17.7 Å². The fraction of sp³-hybridized carbons (Fsp3) is 0.412. The first-order valence-electron chi connectivity index (χ1n) is 7.88. The maximum Gasteiger partial charge on any atom is 0.225 e. The number of carbonyl (C=O) groups excluding carboxylic acids is 1. The second-order valence-corrected chi connectivity index (χ2v) is 6.43. The van der Waals surface area contributed by atoms with Gasteiger partial charge in [-0.25, -0.2) is 0 Å². The Labute approximate surface area is 146 Å². The summed E-state index contributed by atoms with van der Waals surface area (Å²) in [6.45, 7) is 1.87. The number of methoxy groups -OCH3 is 1. The van der Waals surface area contributed by atoms with Crippen LogP contribution in [0.2, 0.25) is 5.02 Å². The van der Waals surface area contributed by atoms with E-state index in [9.17, 15) is 4.79 Å². The Morgan fingerprint density at radius 2 is 2.33 bits per heavy atom. The number of benzene rings is 1. The van der Waals surface area contributed by atoms with E-state index in [0.717, 1.165) is 17.7 Å². The zero-order valence-corrected chi connectivity index (χ0v) is 14.5. The van der Waals surface area contributed by atoms with Gasteiger partial charge in [0.05, 0.1) is 19.2 Å². The van der Waals surface area contributed by atoms with Crippen molar-refractivity contribution in [1.29, 1.82) is 0 Å². The molecule has 2 N–H and O–H groups in total. The molecule has 6 nitrogen and oxygen atoms in total. The molecule has 2 atom stereocenters. The number of halogens is 1. The smallest absolute Gasteiger partial charge is 0.225 e. The van der Waals surface area contributed by atoms with Crippen molar-refractivity contribution in [3.8, 4) is 5.75 Å². The number of rotatable bonds is 5. The number of nitrogens with one attached hydrogen (secondary N) is 2. The predicted octanol–water partition coefficient (Wildman–Crippen LogP) is 1.70. The van der Waals surface area contributed by atoms with Crippen LogP contribution in [0, 0.1) is 5.92 Å². The van der Waals surface area contributed by atoms with Gasteiger partial charge >= 0.3 is 0 Å². The fourth-order valence-electron chi connectivity index (χ4n) is 3.11. The summed E-state index contributed by atoms with van der Waals surface area (Å²) in [5, 5.41) is 11.1. The maximum absolute atomic E-state index is 12.6. The predicted molar refractivity (Wildman–Crippen MR) is 92.2 cm³/mol. The van der Waals surface area contributed by atoms with Gasteiger partial charge in [-0.15, -0.1) is 0 Å². The molecule has 0 radical (unpaired) electrons. The molecule has 0 saturated carbocycles. The van der Waals surface area contributed by atoms with Gasteiger partial charge in [-0.05, 0) is 17.7 Å². The molecule has 0 spiro atoms. The summed E-state index contributed by atoms with van der Waals surface area (Å²) in [6.07, 6.45) is 3.81. The van der Waals surface area contributed by atoms with Crippen LogP contribution in [0.15, 0.2) is 30.6 Å². The third-order valence-corrected chi connectivity index (χ3v) is 4.64. The van der Waals surface area contributed by atoms with Gasteiger partial charge in [-0.1, -0.05) is 17.7 Å². The topological polar surface area (TPSA) is 68.2 Å². The minimum absolute atomic E-state index is 0.0332. The van der Waals surface area contributed by atoms with Crippen LogP contribution in [-0.2, 0) is 18.4 Å². The molecule has 3 rings (SSSR count). The Balaban J connectivity index is 1.66. The number of amides is 1. The van der Waals surface area contributed by atoms with Gasteiger partial charge in [0.15, 0.2) is 0 Å². The molecule has 2 heterocycles. The number of carbonyl (C=O) groups is 1. The number of aryl methyl sites for hydroxylation is 1. The first-order valence-corrected chi connectivity index (χ1v) is 8.25. The Morgan fingerprint density at radius 3 is 3.04 bits per heavy atom. The Morgan fingerprint density at radius 1 is 1.50 bits per heavy atom. The van der Waals surface area contributed by atoms with Crippen molar-refractivity contribution in [3.05, 3.63) is 46.7 Å². The highest BCUT2D eigenvalue weighted by Crippen LogP contribution is 2.28. The molecule has 1 fully saturated rings. The number of aromatic nitrogens is 2. The van der Waals surface area contributed by atoms with Crippen LogP contribution in [0.5, 0.6) is 5.75 Å². The molecule has 1 saturated heterocycles. The van der Waals surface area contributed by atoms with E-state index in [1.54, 1.807) is 23.9 Å². The van der Waals surface area contributed by atoms with Crippen LogP contribution in [-0.4, -0.2) is 35.9 Å². The molecular weight excluding hydrogens is 328 g/mol. The molecule has 2 aromatic rings. The van der Waals surface area contributed by atoms with Gasteiger partial charge < -0.3 is 15.4 Å². The Bertz CT molecular complexity index is 731. The van der Waals surface area contributed by atoms with Crippen molar-refractivity contribution in [2.24, 2.45) is 13.0 Å². The third kappa shape index (κ3) is 3.55. The van der Waals surface area contributed by atoms with Gasteiger partial charge in [-0.2, -0.15) is 5.10 Å². The molecule has 1 aliphatic rings. The number of ether oxygens (including phenoxy) is 1. The molecule has 24 heavy (non-hydrogen) atoms. The molecule has 1 aliphatic heterocycles. The zero-order valence-electron chi connectivity index (χ0n) is 13.8. The summed E-state index contributed by atoms with van der Waals surface area (Å²) in [5.74, 6) is 0.750. The molecule has 0 unspecified atom stereocenters. The van der Waals surface area contributed by atoms with E-state index in [2.05, 4.69) is 15.7 Å². The monoisotopic (exact) mass is 348 g/mol. The van der Waals surface area contributed by atoms with Crippen LogP contribution >= 0.6 is 11.6 Å². The normalized spacial score (nSPS) is 20.1. The van der Waals surface area contributed by atoms with Crippen LogP contribution in [0.25, 0.3) is 0 Å². The highest BCUT2D eigenvalue weighted by molar-refractivity contribution is 6.30. The van der Waals surface area contributed by atoms with Crippen LogP contribution in [0.3, 0.4) is 0 Å². The summed E-state index contributed by atoms with van der Waals surface area (Å²) >= 11 is 5.97. The van der Waals surface area contributed by atoms with E-state index in [1.165, 1.54) is 0 Å². The highest BCUT2D eigenvalue weighted by Gasteiger charge is 2.34. The lowest BCUT2D eigenvalue weighted by Gasteiger charge is -2.17. The lowest BCUT2D eigenvalue weighted by atomic mass is 9.90. The molecular formula is C17H21ClN4O2. The summed E-state index contributed by atoms with van der Waals surface area (Å²) in [5.41, 5.74) is 1.99. The number of hydrogen-bond donors (Lipinski definition) is 2. The molecule has 128 valence electrons. The van der Waals surface area contributed by atoms with Gasteiger partial charge in [0.2, 0.25) is 5.91 Å². The molecule has 1 amide bonds. The highest BCUT2D eigenvalue weighted by atomic mass is 35.5. The summed E-state index contributed by atoms with van der Waals surface area (Å²) < 4.78 is 7.08. The van der Waals surface area contributed by atoms with Crippen molar-refractivity contribution in [2.45, 2.75) is 12.5 Å². The molecule has 0 aliphatic carbocycles. The minimum atomic E-state index is -0.104. The van der Waals surface area contributed by atoms with Crippen molar-refractivity contribution in [3.63, 3.8) is 0 Å². The fourth-order valence-corrected chi connectivity index (χ4v) is 3.28. The first kappa shape index (κ1) is 16.8. The van der Waals surface area contributed by atoms with Crippen molar-refractivity contribution >= 4 is 17.5 Å². The first-order chi connectivity index (χ1) is 11.6. The van der Waals surface area contributed by atoms with Crippen molar-refractivity contribution < 1.29 is 9.53 Å². The standard InChI is InChI=1S/C17H21ClN4O2/c1-22-10-12(7-21-22)14-8-19-9-15(14)17(23)20-6-11-3-4-13(18)5-16(11)24-2/h3-5,7,10,14-15,19H,6,8-9H2,1-2H3,(H,20,23)/t14-,15+/m1/s1. The average molecular weight is 349 g/mol. The Hall–Kier alpha value is -2.05. The second-order valence-electron chi connectivity index (χ2n) is 5.99. The van der Waals surface area contributed by atoms with E-state index >= 15 is 0 Å². The quantitative estimate of drug-likeness (QED) is 0.863. The summed E-state index contributed by atoms with van der Waals surface area (Å²) in [7, 11) is 3.48. The van der Waals surface area contributed by atoms with Gasteiger partial charge in [0, 0.05) is 49.4 Å². The van der Waals surface area contributed by atoms with Crippen LogP contribution in [0.1, 0.15) is 17.0 Å². The SMILES string of the molecule is COc1cc(Cl)ccc1CNC(=O)[C@H]1CNC[C@@H]1c1cnn(C)c1. The van der Waals surface area contributed by atoms with Crippen molar-refractivity contribution in [2.75, 3.05) is 20.2 Å². The van der Waals surface area contributed by atoms with Crippen molar-refractivity contribution in [1.82, 2.24) is 20.4 Å². The minimum Gasteiger partial charge on any atom is -0.496 e. The van der Waals surface area contributed by atoms with Gasteiger partial charge in [0.1, 0.15) is 5.75 Å². The number of hydrogen-bond acceptors (Lipinski definition) is 4. The number of nitrogens with zero attached hydrogens (tertiary/aromatic N) is 2. The van der Waals surface area contributed by atoms with E-state index < -0.39 is 0 Å². The molecule has 0 bridgehead atoms. The lowest BCUT2D eigenvalue weighted by Crippen LogP contribution is -2.34. The average Bonchev–Trinajstić information content (AvgIpc) is 3.21. The Kier molecular flexibility index (Phi) is 5.06. The molecule has 7 heteroatoms. The molecule has 1 aromatic heterocycles.